The largest absolute Gasteiger partial charge is 2.00 e. The van der Waals surface area contributed by atoms with E-state index in [1.807, 2.05) is 13.8 Å². The molecule has 0 fully saturated rings. The summed E-state index contributed by atoms with van der Waals surface area (Å²) in [6, 6.07) is 3.53. The van der Waals surface area contributed by atoms with Crippen LogP contribution in [0.4, 0.5) is 0 Å². The summed E-state index contributed by atoms with van der Waals surface area (Å²) in [5, 5.41) is 38.8. The number of nitrogens with one attached hydrogen (secondary N) is 1. The molecule has 0 radical (unpaired) electrons. The Hall–Kier alpha value is -1.40. The van der Waals surface area contributed by atoms with E-state index in [9.17, 15) is 24.9 Å². The van der Waals surface area contributed by atoms with Crippen molar-refractivity contribution in [1.29, 1.82) is 0 Å². The first-order valence-corrected chi connectivity index (χ1v) is 8.29. The van der Waals surface area contributed by atoms with Crippen LogP contribution >= 0.6 is 0 Å². The zero-order valence-electron chi connectivity index (χ0n) is 17.5. The molecule has 2 aliphatic rings. The van der Waals surface area contributed by atoms with E-state index in [1.54, 1.807) is 12.1 Å². The standard InChI is InChI=1S/C17H20N4O6.Ca.2H/c1-7-3-9-10(4-8(7)2)21(5-11(23)14(25)12(24)6-22)15-13(18-9)16(26)20-17(27)19-15;;;/h3-4,11-12,14,22-25H,5-6H2,1-2H3,(H,20,26,27);;;/q;+2;2*-1/t11-,12+,14-;;;/m0.../s1. The number of aromatic nitrogens is 4. The van der Waals surface area contributed by atoms with E-state index in [4.69, 9.17) is 5.11 Å². The predicted molar refractivity (Wildman–Crippen MR) is 104 cm³/mol. The molecule has 0 saturated carbocycles. The third-order valence-corrected chi connectivity index (χ3v) is 4.57. The second kappa shape index (κ2) is 8.95. The van der Waals surface area contributed by atoms with Crippen LogP contribution in [-0.4, -0.2) is 103 Å². The first-order chi connectivity index (χ1) is 12.7. The van der Waals surface area contributed by atoms with Gasteiger partial charge >= 0.3 is 43.4 Å². The molecule has 0 saturated heterocycles. The van der Waals surface area contributed by atoms with Crippen LogP contribution in [0.2, 0.25) is 0 Å². The Labute approximate surface area is 191 Å². The topological polar surface area (TPSA) is 162 Å². The fourth-order valence-corrected chi connectivity index (χ4v) is 2.89. The Morgan fingerprint density at radius 1 is 1.11 bits per heavy atom. The van der Waals surface area contributed by atoms with Gasteiger partial charge in [-0.2, -0.15) is 4.98 Å². The number of nitrogens with zero attached hydrogens (tertiary/aromatic N) is 3. The molecule has 10 nitrogen and oxygen atoms in total. The van der Waals surface area contributed by atoms with E-state index in [1.165, 1.54) is 4.57 Å². The van der Waals surface area contributed by atoms with Crippen molar-refractivity contribution < 1.29 is 23.3 Å². The molecule has 1 aromatic rings. The van der Waals surface area contributed by atoms with E-state index in [-0.39, 0.29) is 58.7 Å². The molecule has 11 heteroatoms. The SMILES string of the molecule is Cc1cc2nc3c(=O)[nH]c(=O)nc-3n(C[C@H](O)[C@H](O)[C@H](O)CO)c2cc1C.[Ca+2].[H-].[H-]. The monoisotopic (exact) mass is 418 g/mol. The van der Waals surface area contributed by atoms with Crippen molar-refractivity contribution in [3.05, 3.63) is 44.1 Å². The summed E-state index contributed by atoms with van der Waals surface area (Å²) in [7, 11) is 0. The summed E-state index contributed by atoms with van der Waals surface area (Å²) in [5.74, 6) is -0.0516. The van der Waals surface area contributed by atoms with Gasteiger partial charge in [0.1, 0.15) is 18.3 Å². The molecule has 0 amide bonds. The molecule has 3 atom stereocenters. The van der Waals surface area contributed by atoms with E-state index in [2.05, 4.69) is 15.0 Å². The average molecular weight is 418 g/mol. The molecule has 148 valence electrons. The quantitative estimate of drug-likeness (QED) is 0.238. The fourth-order valence-electron chi connectivity index (χ4n) is 2.89. The van der Waals surface area contributed by atoms with Gasteiger partial charge in [-0.1, -0.05) is 0 Å². The van der Waals surface area contributed by atoms with E-state index in [0.717, 1.165) is 11.1 Å². The first-order valence-electron chi connectivity index (χ1n) is 8.29. The fraction of sp³-hybridized carbons (Fsp3) is 0.412. The second-order valence-electron chi connectivity index (χ2n) is 6.50. The van der Waals surface area contributed by atoms with Gasteiger partial charge in [0.2, 0.25) is 0 Å². The average Bonchev–Trinajstić information content (AvgIpc) is 2.62. The maximum atomic E-state index is 12.2. The number of hydrogen-bond acceptors (Lipinski definition) is 8. The van der Waals surface area contributed by atoms with Crippen LogP contribution in [0.25, 0.3) is 22.6 Å². The summed E-state index contributed by atoms with van der Waals surface area (Å²) >= 11 is 0. The molecule has 28 heavy (non-hydrogen) atoms. The Kier molecular flexibility index (Phi) is 7.32. The van der Waals surface area contributed by atoms with Gasteiger partial charge in [0.25, 0.3) is 5.56 Å². The van der Waals surface area contributed by atoms with Crippen LogP contribution in [0.5, 0.6) is 0 Å². The van der Waals surface area contributed by atoms with Crippen LogP contribution in [0.15, 0.2) is 21.7 Å². The maximum absolute atomic E-state index is 12.2. The minimum absolute atomic E-state index is 0. The second-order valence-corrected chi connectivity index (χ2v) is 6.50. The van der Waals surface area contributed by atoms with Gasteiger partial charge < -0.3 is 27.8 Å². The molecule has 0 unspecified atom stereocenters. The van der Waals surface area contributed by atoms with Crippen molar-refractivity contribution in [3.63, 3.8) is 0 Å². The molecular formula is C17H22CaN4O6. The van der Waals surface area contributed by atoms with Crippen LogP contribution in [0.3, 0.4) is 0 Å². The van der Waals surface area contributed by atoms with Gasteiger partial charge in [0.15, 0.2) is 11.5 Å². The summed E-state index contributed by atoms with van der Waals surface area (Å²) in [6.45, 7) is 2.73. The third kappa shape index (κ3) is 4.28. The van der Waals surface area contributed by atoms with Gasteiger partial charge in [-0.15, -0.1) is 0 Å². The molecule has 5 N–H and O–H groups in total. The molecule has 2 heterocycles. The van der Waals surface area contributed by atoms with Crippen LogP contribution < -0.4 is 11.2 Å². The van der Waals surface area contributed by atoms with E-state index < -0.39 is 36.2 Å². The Bertz CT molecular complexity index is 1090. The predicted octanol–water partition coefficient (Wildman–Crippen LogP) is -1.88. The number of aromatic amines is 1. The number of benzene rings is 1. The van der Waals surface area contributed by atoms with Gasteiger partial charge in [0, 0.05) is 0 Å². The molecule has 2 aliphatic heterocycles. The van der Waals surface area contributed by atoms with Crippen LogP contribution in [-0.2, 0) is 6.54 Å². The van der Waals surface area contributed by atoms with Crippen molar-refractivity contribution in [2.75, 3.05) is 6.61 Å². The van der Waals surface area contributed by atoms with Crippen molar-refractivity contribution >= 4 is 48.8 Å². The van der Waals surface area contributed by atoms with Crippen molar-refractivity contribution in [2.24, 2.45) is 0 Å². The molecule has 3 rings (SSSR count). The number of H-pyrrole nitrogens is 1. The molecular weight excluding hydrogens is 396 g/mol. The summed E-state index contributed by atoms with van der Waals surface area (Å²) in [6.07, 6.45) is -4.68. The van der Waals surface area contributed by atoms with Gasteiger partial charge in [0.05, 0.1) is 24.2 Å². The third-order valence-electron chi connectivity index (χ3n) is 4.57. The normalized spacial score (nSPS) is 14.6. The summed E-state index contributed by atoms with van der Waals surface area (Å²) in [5.41, 5.74) is 1.11. The zero-order valence-corrected chi connectivity index (χ0v) is 17.7. The molecule has 1 aromatic carbocycles. The Balaban J connectivity index is 0.00000280. The molecule has 0 aliphatic carbocycles. The number of aliphatic hydroxyl groups is 4. The van der Waals surface area contributed by atoms with Crippen molar-refractivity contribution in [2.45, 2.75) is 38.7 Å². The van der Waals surface area contributed by atoms with E-state index >= 15 is 0 Å². The van der Waals surface area contributed by atoms with Gasteiger partial charge in [-0.05, 0) is 37.1 Å². The number of fused-ring (bicyclic) bond motifs is 2. The number of aryl methyl sites for hydroxylation is 2. The minimum atomic E-state index is -1.64. The zero-order chi connectivity index (χ0) is 19.9. The van der Waals surface area contributed by atoms with Gasteiger partial charge in [-0.3, -0.25) is 9.78 Å². The summed E-state index contributed by atoms with van der Waals surface area (Å²) in [4.78, 5) is 34.0. The van der Waals surface area contributed by atoms with Crippen LogP contribution in [0, 0.1) is 13.8 Å². The maximum Gasteiger partial charge on any atom is 2.00 e. The number of hydrogen-bond donors (Lipinski definition) is 5. The van der Waals surface area contributed by atoms with Gasteiger partial charge in [-0.25, -0.2) is 9.78 Å². The smallest absolute Gasteiger partial charge is 1.00 e. The van der Waals surface area contributed by atoms with E-state index in [0.29, 0.717) is 11.0 Å². The number of aliphatic hydroxyl groups excluding tert-OH is 4. The minimum Gasteiger partial charge on any atom is -1.00 e. The molecule has 0 bridgehead atoms. The molecule has 0 spiro atoms. The number of rotatable bonds is 5. The molecule has 0 aromatic heterocycles. The van der Waals surface area contributed by atoms with Crippen LogP contribution in [0.1, 0.15) is 14.0 Å². The Morgan fingerprint density at radius 2 is 1.75 bits per heavy atom. The Morgan fingerprint density at radius 3 is 2.39 bits per heavy atom. The summed E-state index contributed by atoms with van der Waals surface area (Å²) < 4.78 is 1.40. The van der Waals surface area contributed by atoms with Crippen molar-refractivity contribution in [3.8, 4) is 11.5 Å². The first kappa shape index (κ1) is 22.9. The van der Waals surface area contributed by atoms with Crippen molar-refractivity contribution in [1.82, 2.24) is 19.5 Å².